The Morgan fingerprint density at radius 3 is 2.73 bits per heavy atom. The van der Waals surface area contributed by atoms with Crippen molar-refractivity contribution in [2.24, 2.45) is 5.10 Å². The summed E-state index contributed by atoms with van der Waals surface area (Å²) in [6.45, 7) is 9.00. The van der Waals surface area contributed by atoms with Gasteiger partial charge in [-0.15, -0.1) is 0 Å². The van der Waals surface area contributed by atoms with Crippen molar-refractivity contribution in [3.8, 4) is 11.5 Å². The zero-order valence-corrected chi connectivity index (χ0v) is 14.8. The molecule has 0 spiro atoms. The Hall–Kier alpha value is -1.53. The van der Waals surface area contributed by atoms with Gasteiger partial charge in [0.05, 0.1) is 23.9 Å². The summed E-state index contributed by atoms with van der Waals surface area (Å²) in [4.78, 5) is 0. The van der Waals surface area contributed by atoms with Gasteiger partial charge in [-0.25, -0.2) is 0 Å². The summed E-state index contributed by atoms with van der Waals surface area (Å²) in [5.41, 5.74) is 3.51. The van der Waals surface area contributed by atoms with E-state index in [1.165, 1.54) is 0 Å². The van der Waals surface area contributed by atoms with Crippen LogP contribution in [-0.2, 0) is 0 Å². The predicted molar refractivity (Wildman–Crippen MR) is 95.4 cm³/mol. The third-order valence-corrected chi connectivity index (χ3v) is 2.92. The molecule has 0 heterocycles. The summed E-state index contributed by atoms with van der Waals surface area (Å²) in [5, 5.41) is 7.95. The molecule has 1 aromatic rings. The topological polar surface area (TPSA) is 54.9 Å². The maximum absolute atomic E-state index is 6.28. The van der Waals surface area contributed by atoms with Crippen molar-refractivity contribution in [1.29, 1.82) is 0 Å². The van der Waals surface area contributed by atoms with E-state index in [1.807, 2.05) is 33.8 Å². The second-order valence-electron chi connectivity index (χ2n) is 4.66. The lowest BCUT2D eigenvalue weighted by Crippen LogP contribution is -2.31. The zero-order valence-electron chi connectivity index (χ0n) is 13.3. The number of halogens is 1. The maximum Gasteiger partial charge on any atom is 0.186 e. The number of nitrogens with one attached hydrogen (secondary N) is 2. The third kappa shape index (κ3) is 6.07. The molecule has 0 radical (unpaired) electrons. The van der Waals surface area contributed by atoms with Crippen LogP contribution in [0.2, 0.25) is 5.02 Å². The highest BCUT2D eigenvalue weighted by Crippen LogP contribution is 2.37. The fourth-order valence-electron chi connectivity index (χ4n) is 1.64. The lowest BCUT2D eigenvalue weighted by molar-refractivity contribution is 0.224. The zero-order chi connectivity index (χ0) is 16.5. The van der Waals surface area contributed by atoms with Gasteiger partial charge in [0.1, 0.15) is 0 Å². The normalized spacial score (nSPS) is 10.8. The molecular weight excluding hydrogens is 322 g/mol. The number of benzene rings is 1. The fraction of sp³-hybridized carbons (Fsp3) is 0.467. The minimum absolute atomic E-state index is 0.00961. The summed E-state index contributed by atoms with van der Waals surface area (Å²) in [5.74, 6) is 1.14. The highest BCUT2D eigenvalue weighted by molar-refractivity contribution is 7.80. The van der Waals surface area contributed by atoms with Gasteiger partial charge in [0, 0.05) is 6.54 Å². The molecule has 7 heteroatoms. The van der Waals surface area contributed by atoms with Crippen LogP contribution in [0.15, 0.2) is 17.2 Å². The highest BCUT2D eigenvalue weighted by atomic mass is 35.5. The first-order valence-electron chi connectivity index (χ1n) is 7.17. The van der Waals surface area contributed by atoms with Gasteiger partial charge in [-0.1, -0.05) is 11.6 Å². The number of hydrogen-bond donors (Lipinski definition) is 2. The van der Waals surface area contributed by atoms with Gasteiger partial charge in [0.15, 0.2) is 16.6 Å². The Bertz CT molecular complexity index is 536. The highest BCUT2D eigenvalue weighted by Gasteiger charge is 2.13. The minimum Gasteiger partial charge on any atom is -0.490 e. The average molecular weight is 344 g/mol. The molecule has 0 fully saturated rings. The summed E-state index contributed by atoms with van der Waals surface area (Å²) in [6.07, 6.45) is 1.63. The largest absolute Gasteiger partial charge is 0.490 e. The Balaban J connectivity index is 2.93. The average Bonchev–Trinajstić information content (AvgIpc) is 2.43. The minimum atomic E-state index is 0.00961. The monoisotopic (exact) mass is 343 g/mol. The van der Waals surface area contributed by atoms with Crippen LogP contribution in [0.1, 0.15) is 33.3 Å². The lowest BCUT2D eigenvalue weighted by Gasteiger charge is -2.16. The van der Waals surface area contributed by atoms with E-state index in [2.05, 4.69) is 15.8 Å². The van der Waals surface area contributed by atoms with E-state index in [9.17, 15) is 0 Å². The van der Waals surface area contributed by atoms with Gasteiger partial charge < -0.3 is 14.8 Å². The Labute approximate surface area is 142 Å². The van der Waals surface area contributed by atoms with E-state index in [1.54, 1.807) is 12.3 Å². The van der Waals surface area contributed by atoms with Gasteiger partial charge in [0.25, 0.3) is 0 Å². The van der Waals surface area contributed by atoms with Crippen LogP contribution < -0.4 is 20.2 Å². The van der Waals surface area contributed by atoms with Gasteiger partial charge in [-0.05, 0) is 57.6 Å². The Morgan fingerprint density at radius 1 is 1.41 bits per heavy atom. The number of nitrogens with zero attached hydrogens (tertiary/aromatic N) is 1. The molecule has 0 atom stereocenters. The first kappa shape index (κ1) is 18.5. The molecule has 0 aliphatic carbocycles. The van der Waals surface area contributed by atoms with Crippen molar-refractivity contribution in [2.45, 2.75) is 33.8 Å². The van der Waals surface area contributed by atoms with E-state index >= 15 is 0 Å². The van der Waals surface area contributed by atoms with Crippen molar-refractivity contribution in [1.82, 2.24) is 10.7 Å². The number of thiocarbonyl (C=S) groups is 1. The van der Waals surface area contributed by atoms with Crippen molar-refractivity contribution in [2.75, 3.05) is 13.2 Å². The Morgan fingerprint density at radius 2 is 2.14 bits per heavy atom. The SMILES string of the molecule is CCNC(=S)N/N=C\c1cc(Cl)c(OC(C)C)c(OCC)c1. The van der Waals surface area contributed by atoms with E-state index < -0.39 is 0 Å². The molecule has 0 amide bonds. The predicted octanol–water partition coefficient (Wildman–Crippen LogP) is 3.34. The Kier molecular flexibility index (Phi) is 7.98. The van der Waals surface area contributed by atoms with Gasteiger partial charge in [-0.3, -0.25) is 5.43 Å². The molecule has 22 heavy (non-hydrogen) atoms. The van der Waals surface area contributed by atoms with E-state index in [4.69, 9.17) is 33.3 Å². The number of hydrazone groups is 1. The molecule has 122 valence electrons. The summed E-state index contributed by atoms with van der Waals surface area (Å²) >= 11 is 11.3. The van der Waals surface area contributed by atoms with Crippen molar-refractivity contribution >= 4 is 35.1 Å². The lowest BCUT2D eigenvalue weighted by atomic mass is 10.2. The quantitative estimate of drug-likeness (QED) is 0.452. The second kappa shape index (κ2) is 9.48. The van der Waals surface area contributed by atoms with Crippen LogP contribution in [0.25, 0.3) is 0 Å². The van der Waals surface area contributed by atoms with Crippen LogP contribution in [0.3, 0.4) is 0 Å². The number of rotatable bonds is 7. The maximum atomic E-state index is 6.28. The van der Waals surface area contributed by atoms with Gasteiger partial charge in [0.2, 0.25) is 0 Å². The van der Waals surface area contributed by atoms with Crippen molar-refractivity contribution in [3.05, 3.63) is 22.7 Å². The fourth-order valence-corrected chi connectivity index (χ4v) is 2.10. The second-order valence-corrected chi connectivity index (χ2v) is 5.47. The molecule has 1 rings (SSSR count). The smallest absolute Gasteiger partial charge is 0.186 e. The summed E-state index contributed by atoms with van der Waals surface area (Å²) < 4.78 is 11.3. The summed E-state index contributed by atoms with van der Waals surface area (Å²) in [7, 11) is 0. The van der Waals surface area contributed by atoms with Crippen LogP contribution >= 0.6 is 23.8 Å². The summed E-state index contributed by atoms with van der Waals surface area (Å²) in [6, 6.07) is 3.60. The molecule has 0 unspecified atom stereocenters. The number of ether oxygens (including phenoxy) is 2. The van der Waals surface area contributed by atoms with E-state index in [0.717, 1.165) is 12.1 Å². The standard InChI is InChI=1S/C15H22ClN3O2S/c1-5-17-15(22)19-18-9-11-7-12(16)14(21-10(3)4)13(8-11)20-6-2/h7-10H,5-6H2,1-4H3,(H2,17,19,22)/b18-9-. The van der Waals surface area contributed by atoms with Crippen LogP contribution in [-0.4, -0.2) is 30.6 Å². The third-order valence-electron chi connectivity index (χ3n) is 2.40. The molecule has 2 N–H and O–H groups in total. The number of hydrogen-bond acceptors (Lipinski definition) is 4. The molecule has 1 aromatic carbocycles. The molecule has 0 saturated heterocycles. The molecule has 0 aromatic heterocycles. The molecular formula is C15H22ClN3O2S. The molecule has 0 saturated carbocycles. The van der Waals surface area contributed by atoms with Crippen LogP contribution in [0.4, 0.5) is 0 Å². The molecule has 5 nitrogen and oxygen atoms in total. The molecule has 0 bridgehead atoms. The van der Waals surface area contributed by atoms with E-state index in [-0.39, 0.29) is 6.10 Å². The first-order valence-corrected chi connectivity index (χ1v) is 7.96. The molecule has 0 aliphatic rings. The molecule has 0 aliphatic heterocycles. The van der Waals surface area contributed by atoms with E-state index in [0.29, 0.717) is 28.2 Å². The van der Waals surface area contributed by atoms with Crippen molar-refractivity contribution in [3.63, 3.8) is 0 Å². The van der Waals surface area contributed by atoms with Crippen LogP contribution in [0, 0.1) is 0 Å². The first-order chi connectivity index (χ1) is 10.5. The van der Waals surface area contributed by atoms with Gasteiger partial charge in [-0.2, -0.15) is 5.10 Å². The van der Waals surface area contributed by atoms with Gasteiger partial charge >= 0.3 is 0 Å². The van der Waals surface area contributed by atoms with Crippen LogP contribution in [0.5, 0.6) is 11.5 Å². The van der Waals surface area contributed by atoms with Crippen molar-refractivity contribution < 1.29 is 9.47 Å².